The van der Waals surface area contributed by atoms with Gasteiger partial charge in [-0.1, -0.05) is 17.7 Å². The predicted octanol–water partition coefficient (Wildman–Crippen LogP) is 4.75. The summed E-state index contributed by atoms with van der Waals surface area (Å²) in [6.45, 7) is 0. The van der Waals surface area contributed by atoms with E-state index in [1.807, 2.05) is 0 Å². The van der Waals surface area contributed by atoms with Crippen molar-refractivity contribution in [1.82, 2.24) is 0 Å². The van der Waals surface area contributed by atoms with Crippen molar-refractivity contribution < 1.29 is 18.7 Å². The first kappa shape index (κ1) is 14.0. The zero-order valence-electron chi connectivity index (χ0n) is 9.25. The van der Waals surface area contributed by atoms with Crippen LogP contribution in [0.25, 0.3) is 11.1 Å². The predicted molar refractivity (Wildman–Crippen MR) is 71.5 cm³/mol. The van der Waals surface area contributed by atoms with E-state index in [1.165, 1.54) is 18.2 Å². The van der Waals surface area contributed by atoms with Gasteiger partial charge in [0.25, 0.3) is 0 Å². The Morgan fingerprint density at radius 2 is 1.89 bits per heavy atom. The minimum absolute atomic E-state index is 0.0372. The molecule has 0 spiro atoms. The molecule has 2 nitrogen and oxygen atoms in total. The van der Waals surface area contributed by atoms with Crippen molar-refractivity contribution in [3.8, 4) is 11.1 Å². The van der Waals surface area contributed by atoms with E-state index in [0.29, 0.717) is 4.47 Å². The third-order valence-corrected chi connectivity index (χ3v) is 3.75. The van der Waals surface area contributed by atoms with Crippen LogP contribution < -0.4 is 0 Å². The number of carboxylic acid groups (broad SMARTS) is 1. The third-order valence-electron chi connectivity index (χ3n) is 2.49. The van der Waals surface area contributed by atoms with E-state index in [0.717, 1.165) is 12.1 Å². The van der Waals surface area contributed by atoms with Crippen molar-refractivity contribution in [2.75, 3.05) is 0 Å². The first-order valence-electron chi connectivity index (χ1n) is 5.08. The maximum Gasteiger partial charge on any atom is 0.335 e. The standard InChI is InChI=1S/C13H6BrClF2O2/c14-10-2-1-9(12(17)11(10)15)6-3-7(13(18)19)5-8(16)4-6/h1-5H,(H,18,19). The van der Waals surface area contributed by atoms with E-state index >= 15 is 0 Å². The van der Waals surface area contributed by atoms with Gasteiger partial charge in [-0.3, -0.25) is 0 Å². The molecule has 0 saturated heterocycles. The van der Waals surface area contributed by atoms with E-state index in [2.05, 4.69) is 15.9 Å². The van der Waals surface area contributed by atoms with E-state index in [9.17, 15) is 13.6 Å². The first-order chi connectivity index (χ1) is 8.90. The second-order valence-electron chi connectivity index (χ2n) is 3.76. The quantitative estimate of drug-likeness (QED) is 0.796. The summed E-state index contributed by atoms with van der Waals surface area (Å²) in [5, 5.41) is 8.71. The molecule has 1 N–H and O–H groups in total. The van der Waals surface area contributed by atoms with Gasteiger partial charge in [0.2, 0.25) is 0 Å². The molecule has 2 rings (SSSR count). The van der Waals surface area contributed by atoms with Crippen LogP contribution in [-0.4, -0.2) is 11.1 Å². The number of carboxylic acids is 1. The molecule has 0 unspecified atom stereocenters. The number of benzene rings is 2. The molecule has 2 aromatic rings. The van der Waals surface area contributed by atoms with Crippen molar-refractivity contribution in [2.45, 2.75) is 0 Å². The highest BCUT2D eigenvalue weighted by molar-refractivity contribution is 9.10. The molecule has 0 aliphatic rings. The largest absolute Gasteiger partial charge is 0.478 e. The van der Waals surface area contributed by atoms with Crippen molar-refractivity contribution in [2.24, 2.45) is 0 Å². The molecule has 19 heavy (non-hydrogen) atoms. The number of hydrogen-bond donors (Lipinski definition) is 1. The van der Waals surface area contributed by atoms with Crippen LogP contribution >= 0.6 is 27.5 Å². The lowest BCUT2D eigenvalue weighted by Crippen LogP contribution is -1.98. The Bertz CT molecular complexity index is 674. The SMILES string of the molecule is O=C(O)c1cc(F)cc(-c2ccc(Br)c(Cl)c2F)c1. The van der Waals surface area contributed by atoms with Crippen LogP contribution in [0.2, 0.25) is 5.02 Å². The Kier molecular flexibility index (Phi) is 3.87. The monoisotopic (exact) mass is 346 g/mol. The van der Waals surface area contributed by atoms with E-state index in [-0.39, 0.29) is 21.7 Å². The normalized spacial score (nSPS) is 10.5. The van der Waals surface area contributed by atoms with Gasteiger partial charge in [0.1, 0.15) is 5.82 Å². The van der Waals surface area contributed by atoms with Gasteiger partial charge in [-0.05, 0) is 45.8 Å². The van der Waals surface area contributed by atoms with Gasteiger partial charge in [-0.25, -0.2) is 13.6 Å². The second kappa shape index (κ2) is 5.27. The Balaban J connectivity index is 2.65. The molecule has 0 aliphatic carbocycles. The molecule has 0 bridgehead atoms. The van der Waals surface area contributed by atoms with Gasteiger partial charge < -0.3 is 5.11 Å². The fourth-order valence-corrected chi connectivity index (χ4v) is 2.09. The van der Waals surface area contributed by atoms with Gasteiger partial charge in [0, 0.05) is 10.0 Å². The van der Waals surface area contributed by atoms with Crippen LogP contribution in [0.1, 0.15) is 10.4 Å². The maximum absolute atomic E-state index is 14.0. The highest BCUT2D eigenvalue weighted by atomic mass is 79.9. The van der Waals surface area contributed by atoms with Gasteiger partial charge in [-0.15, -0.1) is 0 Å². The topological polar surface area (TPSA) is 37.3 Å². The Labute approximate surface area is 120 Å². The lowest BCUT2D eigenvalue weighted by Gasteiger charge is -2.07. The Morgan fingerprint density at radius 3 is 2.53 bits per heavy atom. The highest BCUT2D eigenvalue weighted by Crippen LogP contribution is 2.33. The van der Waals surface area contributed by atoms with Crippen molar-refractivity contribution >= 4 is 33.5 Å². The maximum atomic E-state index is 14.0. The Morgan fingerprint density at radius 1 is 1.21 bits per heavy atom. The average Bonchev–Trinajstić information content (AvgIpc) is 2.35. The third kappa shape index (κ3) is 2.77. The molecule has 98 valence electrons. The Hall–Kier alpha value is -1.46. The van der Waals surface area contributed by atoms with Crippen LogP contribution in [0.5, 0.6) is 0 Å². The number of aromatic carboxylic acids is 1. The molecular formula is C13H6BrClF2O2. The van der Waals surface area contributed by atoms with E-state index in [1.54, 1.807) is 0 Å². The van der Waals surface area contributed by atoms with Crippen molar-refractivity contribution in [3.63, 3.8) is 0 Å². The minimum atomic E-state index is -1.29. The fourth-order valence-electron chi connectivity index (χ4n) is 1.62. The summed E-state index contributed by atoms with van der Waals surface area (Å²) in [6, 6.07) is 6.01. The molecule has 0 saturated carbocycles. The average molecular weight is 348 g/mol. The summed E-state index contributed by atoms with van der Waals surface area (Å²) < 4.78 is 27.7. The molecular weight excluding hydrogens is 341 g/mol. The molecule has 2 aromatic carbocycles. The van der Waals surface area contributed by atoms with Gasteiger partial charge >= 0.3 is 5.97 Å². The zero-order chi connectivity index (χ0) is 14.2. The van der Waals surface area contributed by atoms with Gasteiger partial charge in [0.15, 0.2) is 5.82 Å². The molecule has 0 aromatic heterocycles. The highest BCUT2D eigenvalue weighted by Gasteiger charge is 2.15. The molecule has 0 aliphatic heterocycles. The molecule has 0 radical (unpaired) electrons. The van der Waals surface area contributed by atoms with Crippen LogP contribution in [-0.2, 0) is 0 Å². The summed E-state index contributed by atoms with van der Waals surface area (Å²) in [5.41, 5.74) is -0.104. The summed E-state index contributed by atoms with van der Waals surface area (Å²) >= 11 is 8.81. The van der Waals surface area contributed by atoms with E-state index in [4.69, 9.17) is 16.7 Å². The summed E-state index contributed by atoms with van der Waals surface area (Å²) in [5.74, 6) is -2.78. The molecule has 0 atom stereocenters. The van der Waals surface area contributed by atoms with Gasteiger partial charge in [0.05, 0.1) is 10.6 Å². The second-order valence-corrected chi connectivity index (χ2v) is 4.99. The van der Waals surface area contributed by atoms with Crippen molar-refractivity contribution in [3.05, 3.63) is 57.0 Å². The zero-order valence-corrected chi connectivity index (χ0v) is 11.6. The molecule has 0 heterocycles. The number of hydrogen-bond acceptors (Lipinski definition) is 1. The van der Waals surface area contributed by atoms with Crippen molar-refractivity contribution in [1.29, 1.82) is 0 Å². The van der Waals surface area contributed by atoms with Gasteiger partial charge in [-0.2, -0.15) is 0 Å². The van der Waals surface area contributed by atoms with Crippen LogP contribution in [0.3, 0.4) is 0 Å². The number of carbonyl (C=O) groups is 1. The molecule has 0 amide bonds. The molecule has 6 heteroatoms. The lowest BCUT2D eigenvalue weighted by molar-refractivity contribution is 0.0696. The van der Waals surface area contributed by atoms with Crippen LogP contribution in [0, 0.1) is 11.6 Å². The minimum Gasteiger partial charge on any atom is -0.478 e. The summed E-state index contributed by atoms with van der Waals surface area (Å²) in [4.78, 5) is 10.8. The first-order valence-corrected chi connectivity index (χ1v) is 6.25. The summed E-state index contributed by atoms with van der Waals surface area (Å²) in [7, 11) is 0. The lowest BCUT2D eigenvalue weighted by atomic mass is 10.0. The smallest absolute Gasteiger partial charge is 0.335 e. The summed E-state index contributed by atoms with van der Waals surface area (Å²) in [6.07, 6.45) is 0. The van der Waals surface area contributed by atoms with E-state index < -0.39 is 17.6 Å². The van der Waals surface area contributed by atoms with Crippen LogP contribution in [0.15, 0.2) is 34.8 Å². The fraction of sp³-hybridized carbons (Fsp3) is 0. The number of halogens is 4. The molecule has 0 fully saturated rings. The van der Waals surface area contributed by atoms with Crippen LogP contribution in [0.4, 0.5) is 8.78 Å². The number of rotatable bonds is 2.